The summed E-state index contributed by atoms with van der Waals surface area (Å²) in [5.41, 5.74) is 0.991. The minimum absolute atomic E-state index is 0.117. The first-order chi connectivity index (χ1) is 6.56. The van der Waals surface area contributed by atoms with Crippen LogP contribution in [0.2, 0.25) is 0 Å². The highest BCUT2D eigenvalue weighted by atomic mass is 32.2. The molecule has 0 amide bonds. The molecule has 14 heavy (non-hydrogen) atoms. The first-order valence-corrected chi connectivity index (χ1v) is 5.39. The highest BCUT2D eigenvalue weighted by Crippen LogP contribution is 2.12. The number of benzene rings is 1. The molecule has 0 radical (unpaired) electrons. The molecule has 0 saturated heterocycles. The zero-order valence-corrected chi connectivity index (χ0v) is 8.76. The molecule has 0 heterocycles. The molecule has 74 valence electrons. The van der Waals surface area contributed by atoms with Crippen LogP contribution in [-0.4, -0.2) is 8.42 Å². The maximum atomic E-state index is 11.4. The van der Waals surface area contributed by atoms with E-state index in [2.05, 4.69) is 16.2 Å². The van der Waals surface area contributed by atoms with Crippen LogP contribution in [0.1, 0.15) is 12.5 Å². The van der Waals surface area contributed by atoms with E-state index in [0.717, 1.165) is 5.56 Å². The van der Waals surface area contributed by atoms with E-state index in [1.807, 2.05) is 6.92 Å². The van der Waals surface area contributed by atoms with E-state index in [1.165, 1.54) is 19.1 Å². The number of rotatable bonds is 2. The fourth-order valence-corrected chi connectivity index (χ4v) is 1.61. The van der Waals surface area contributed by atoms with Crippen molar-refractivity contribution in [2.75, 3.05) is 0 Å². The Balaban J connectivity index is 3.03. The Morgan fingerprint density at radius 2 is 1.79 bits per heavy atom. The fraction of sp³-hybridized carbons (Fsp3) is 0.200. The second kappa shape index (κ2) is 4.16. The third-order valence-corrected chi connectivity index (χ3v) is 2.72. The third-order valence-electron chi connectivity index (χ3n) is 1.56. The molecule has 0 N–H and O–H groups in total. The largest absolute Gasteiger partial charge is 0.347 e. The number of aryl methyl sites for hydroxylation is 1. The fourth-order valence-electron chi connectivity index (χ4n) is 0.850. The highest BCUT2D eigenvalue weighted by molar-refractivity contribution is 7.86. The van der Waals surface area contributed by atoms with E-state index in [9.17, 15) is 8.42 Å². The van der Waals surface area contributed by atoms with Gasteiger partial charge in [0.1, 0.15) is 11.0 Å². The van der Waals surface area contributed by atoms with Crippen molar-refractivity contribution in [1.29, 1.82) is 0 Å². The van der Waals surface area contributed by atoms with E-state index in [-0.39, 0.29) is 4.90 Å². The molecular formula is C10H10O3S. The van der Waals surface area contributed by atoms with Gasteiger partial charge in [0, 0.05) is 6.92 Å². The van der Waals surface area contributed by atoms with Gasteiger partial charge in [0.2, 0.25) is 0 Å². The zero-order valence-electron chi connectivity index (χ0n) is 7.94. The van der Waals surface area contributed by atoms with Gasteiger partial charge in [-0.15, -0.1) is 0 Å². The summed E-state index contributed by atoms with van der Waals surface area (Å²) >= 11 is 0. The average molecular weight is 210 g/mol. The van der Waals surface area contributed by atoms with Crippen LogP contribution in [0.3, 0.4) is 0 Å². The molecule has 0 fully saturated rings. The lowest BCUT2D eigenvalue weighted by atomic mass is 10.2. The van der Waals surface area contributed by atoms with Crippen molar-refractivity contribution >= 4 is 10.1 Å². The molecule has 0 saturated carbocycles. The maximum absolute atomic E-state index is 11.4. The molecule has 4 heteroatoms. The van der Waals surface area contributed by atoms with Crippen molar-refractivity contribution in [3.05, 3.63) is 29.8 Å². The summed E-state index contributed by atoms with van der Waals surface area (Å²) < 4.78 is 27.2. The van der Waals surface area contributed by atoms with Crippen LogP contribution < -0.4 is 0 Å². The van der Waals surface area contributed by atoms with Gasteiger partial charge in [0.05, 0.1) is 0 Å². The monoisotopic (exact) mass is 210 g/mol. The van der Waals surface area contributed by atoms with Gasteiger partial charge in [-0.2, -0.15) is 8.42 Å². The molecule has 3 nitrogen and oxygen atoms in total. The molecule has 1 rings (SSSR count). The molecule has 1 aromatic carbocycles. The third kappa shape index (κ3) is 2.51. The summed E-state index contributed by atoms with van der Waals surface area (Å²) in [6, 6.07) is 6.38. The number of hydrogen-bond donors (Lipinski definition) is 0. The predicted molar refractivity (Wildman–Crippen MR) is 52.9 cm³/mol. The van der Waals surface area contributed by atoms with Gasteiger partial charge in [-0.25, -0.2) is 0 Å². The Morgan fingerprint density at radius 1 is 1.21 bits per heavy atom. The van der Waals surface area contributed by atoms with Crippen LogP contribution in [0.25, 0.3) is 0 Å². The van der Waals surface area contributed by atoms with Crippen molar-refractivity contribution in [3.8, 4) is 12.0 Å². The smallest absolute Gasteiger partial charge is 0.324 e. The summed E-state index contributed by atoms with van der Waals surface area (Å²) in [6.07, 6.45) is 2.06. The Morgan fingerprint density at radius 3 is 2.29 bits per heavy atom. The van der Waals surface area contributed by atoms with Gasteiger partial charge < -0.3 is 4.18 Å². The Bertz CT molecular complexity index is 460. The highest BCUT2D eigenvalue weighted by Gasteiger charge is 2.13. The van der Waals surface area contributed by atoms with Crippen LogP contribution in [0, 0.1) is 19.0 Å². The van der Waals surface area contributed by atoms with Crippen molar-refractivity contribution < 1.29 is 12.6 Å². The van der Waals surface area contributed by atoms with E-state index in [0.29, 0.717) is 0 Å². The molecule has 0 atom stereocenters. The summed E-state index contributed by atoms with van der Waals surface area (Å²) in [5.74, 6) is 2.35. The maximum Gasteiger partial charge on any atom is 0.347 e. The van der Waals surface area contributed by atoms with E-state index in [1.54, 1.807) is 12.1 Å². The number of hydrogen-bond acceptors (Lipinski definition) is 3. The molecule has 0 aromatic heterocycles. The zero-order chi connectivity index (χ0) is 10.6. The van der Waals surface area contributed by atoms with Crippen LogP contribution >= 0.6 is 0 Å². The molecule has 0 aliphatic heterocycles. The van der Waals surface area contributed by atoms with E-state index in [4.69, 9.17) is 0 Å². The van der Waals surface area contributed by atoms with Crippen LogP contribution in [-0.2, 0) is 14.3 Å². The quantitative estimate of drug-likeness (QED) is 0.551. The van der Waals surface area contributed by atoms with E-state index >= 15 is 0 Å². The first kappa shape index (κ1) is 10.6. The second-order valence-corrected chi connectivity index (χ2v) is 4.25. The first-order valence-electron chi connectivity index (χ1n) is 3.98. The van der Waals surface area contributed by atoms with Crippen molar-refractivity contribution in [1.82, 2.24) is 0 Å². The molecule has 0 unspecified atom stereocenters. The topological polar surface area (TPSA) is 43.4 Å². The van der Waals surface area contributed by atoms with Crippen molar-refractivity contribution in [3.63, 3.8) is 0 Å². The van der Waals surface area contributed by atoms with Gasteiger partial charge in [0.25, 0.3) is 0 Å². The summed E-state index contributed by atoms with van der Waals surface area (Å²) in [4.78, 5) is 0.117. The minimum atomic E-state index is -3.71. The Kier molecular flexibility index (Phi) is 3.15. The lowest BCUT2D eigenvalue weighted by Gasteiger charge is -2.00. The molecule has 0 aliphatic rings. The van der Waals surface area contributed by atoms with Gasteiger partial charge in [-0.05, 0) is 19.1 Å². The van der Waals surface area contributed by atoms with E-state index < -0.39 is 10.1 Å². The van der Waals surface area contributed by atoms with Gasteiger partial charge in [0.15, 0.2) is 0 Å². The van der Waals surface area contributed by atoms with Gasteiger partial charge in [-0.3, -0.25) is 0 Å². The molecule has 1 aromatic rings. The Labute approximate surface area is 83.8 Å². The standard InChI is InChI=1S/C10H10O3S/c1-3-8-13-14(11,12)10-6-4-9(2)5-7-10/h4-7H,1-2H3. The lowest BCUT2D eigenvalue weighted by Crippen LogP contribution is -2.02. The minimum Gasteiger partial charge on any atom is -0.324 e. The van der Waals surface area contributed by atoms with Crippen LogP contribution in [0.5, 0.6) is 0 Å². The summed E-state index contributed by atoms with van der Waals surface area (Å²) in [7, 11) is -3.71. The molecule has 0 spiro atoms. The molecule has 0 bridgehead atoms. The molecular weight excluding hydrogens is 200 g/mol. The SMILES string of the molecule is CC#COS(=O)(=O)c1ccc(C)cc1. The van der Waals surface area contributed by atoms with Gasteiger partial charge >= 0.3 is 10.1 Å². The Hall–Kier alpha value is -1.47. The van der Waals surface area contributed by atoms with Crippen LogP contribution in [0.4, 0.5) is 0 Å². The van der Waals surface area contributed by atoms with Gasteiger partial charge in [-0.1, -0.05) is 23.6 Å². The normalized spacial score (nSPS) is 10.1. The second-order valence-electron chi connectivity index (χ2n) is 2.70. The van der Waals surface area contributed by atoms with Crippen molar-refractivity contribution in [2.24, 2.45) is 0 Å². The van der Waals surface area contributed by atoms with Crippen LogP contribution in [0.15, 0.2) is 29.2 Å². The van der Waals surface area contributed by atoms with Crippen molar-refractivity contribution in [2.45, 2.75) is 18.7 Å². The summed E-state index contributed by atoms with van der Waals surface area (Å²) in [6.45, 7) is 3.38. The predicted octanol–water partition coefficient (Wildman–Crippen LogP) is 1.68. The average Bonchev–Trinajstić information content (AvgIpc) is 2.16. The summed E-state index contributed by atoms with van der Waals surface area (Å²) in [5, 5.41) is 0. The molecule has 0 aliphatic carbocycles. The lowest BCUT2D eigenvalue weighted by molar-refractivity contribution is 0.465.